The number of anilines is 1. The average molecular weight is 381 g/mol. The molecule has 0 amide bonds. The van der Waals surface area contributed by atoms with Gasteiger partial charge in [0.25, 0.3) is 10.0 Å². The van der Waals surface area contributed by atoms with Gasteiger partial charge in [-0.1, -0.05) is 47.6 Å². The number of sulfonamides is 1. The Morgan fingerprint density at radius 3 is 2.33 bits per heavy atom. The van der Waals surface area contributed by atoms with Gasteiger partial charge >= 0.3 is 6.01 Å². The molecule has 0 spiro atoms. The summed E-state index contributed by atoms with van der Waals surface area (Å²) in [5, 5.41) is 3.85. The Hall–Kier alpha value is -3.39. The molecule has 136 valence electrons. The summed E-state index contributed by atoms with van der Waals surface area (Å²) >= 11 is 0. The molecule has 0 N–H and O–H groups in total. The summed E-state index contributed by atoms with van der Waals surface area (Å²) in [5.41, 5.74) is 2.21. The molecule has 0 aliphatic rings. The molecule has 0 saturated heterocycles. The van der Waals surface area contributed by atoms with Gasteiger partial charge in [-0.2, -0.15) is 0 Å². The smallest absolute Gasteiger partial charge is 0.311 e. The zero-order valence-electron chi connectivity index (χ0n) is 14.1. The van der Waals surface area contributed by atoms with Crippen LogP contribution in [0.4, 0.5) is 6.01 Å². The van der Waals surface area contributed by atoms with E-state index >= 15 is 0 Å². The normalized spacial score (nSPS) is 11.4. The number of hydrogen-bond acceptors (Lipinski definition) is 6. The number of aromatic nitrogens is 2. The van der Waals surface area contributed by atoms with E-state index in [-0.39, 0.29) is 17.5 Å². The number of benzene rings is 2. The minimum Gasteiger partial charge on any atom is -0.431 e. The summed E-state index contributed by atoms with van der Waals surface area (Å²) in [7, 11) is -3.87. The molecule has 2 heterocycles. The number of oxazole rings is 1. The van der Waals surface area contributed by atoms with Crippen LogP contribution in [0.1, 0.15) is 5.56 Å². The Labute approximate surface area is 155 Å². The first-order valence-electron chi connectivity index (χ1n) is 8.11. The van der Waals surface area contributed by atoms with Crippen LogP contribution in [-0.4, -0.2) is 18.6 Å². The van der Waals surface area contributed by atoms with Gasteiger partial charge in [0.15, 0.2) is 0 Å². The second kappa shape index (κ2) is 7.08. The summed E-state index contributed by atoms with van der Waals surface area (Å²) in [6.07, 6.45) is 4.22. The highest BCUT2D eigenvalue weighted by molar-refractivity contribution is 7.92. The number of rotatable bonds is 6. The first kappa shape index (κ1) is 17.0. The van der Waals surface area contributed by atoms with Crippen LogP contribution in [0.2, 0.25) is 0 Å². The van der Waals surface area contributed by atoms with Crippen LogP contribution in [0.3, 0.4) is 0 Å². The molecule has 0 radical (unpaired) electrons. The van der Waals surface area contributed by atoms with Crippen molar-refractivity contribution >= 4 is 16.0 Å². The van der Waals surface area contributed by atoms with Crippen LogP contribution < -0.4 is 4.31 Å². The minimum atomic E-state index is -3.87. The highest BCUT2D eigenvalue weighted by Crippen LogP contribution is 2.26. The lowest BCUT2D eigenvalue weighted by molar-refractivity contribution is 0.422. The molecule has 8 heteroatoms. The molecule has 0 bridgehead atoms. The molecule has 0 unspecified atom stereocenters. The van der Waals surface area contributed by atoms with E-state index in [1.165, 1.54) is 30.9 Å². The van der Waals surface area contributed by atoms with Gasteiger partial charge in [-0.3, -0.25) is 0 Å². The van der Waals surface area contributed by atoms with Crippen molar-refractivity contribution in [1.29, 1.82) is 0 Å². The van der Waals surface area contributed by atoms with Gasteiger partial charge in [0, 0.05) is 11.6 Å². The molecule has 2 aromatic heterocycles. The average Bonchev–Trinajstić information content (AvgIpc) is 3.41. The molecule has 0 aliphatic heterocycles. The highest BCUT2D eigenvalue weighted by Gasteiger charge is 2.28. The monoisotopic (exact) mass is 381 g/mol. The summed E-state index contributed by atoms with van der Waals surface area (Å²) < 4.78 is 37.7. The topological polar surface area (TPSA) is 89.4 Å². The second-order valence-electron chi connectivity index (χ2n) is 5.72. The van der Waals surface area contributed by atoms with E-state index in [0.29, 0.717) is 5.69 Å². The maximum absolute atomic E-state index is 13.2. The predicted molar refractivity (Wildman–Crippen MR) is 98.3 cm³/mol. The summed E-state index contributed by atoms with van der Waals surface area (Å²) in [6, 6.07) is 17.4. The van der Waals surface area contributed by atoms with Crippen LogP contribution >= 0.6 is 0 Å². The van der Waals surface area contributed by atoms with Gasteiger partial charge < -0.3 is 8.94 Å². The first-order valence-corrected chi connectivity index (χ1v) is 9.55. The predicted octanol–water partition coefficient (Wildman–Crippen LogP) is 3.73. The van der Waals surface area contributed by atoms with Crippen LogP contribution in [0.5, 0.6) is 0 Å². The van der Waals surface area contributed by atoms with Gasteiger partial charge in [-0.05, 0) is 17.7 Å². The van der Waals surface area contributed by atoms with E-state index < -0.39 is 10.0 Å². The Morgan fingerprint density at radius 2 is 1.70 bits per heavy atom. The van der Waals surface area contributed by atoms with E-state index in [1.54, 1.807) is 18.2 Å². The lowest BCUT2D eigenvalue weighted by Gasteiger charge is -2.20. The molecule has 2 aromatic carbocycles. The Kier molecular flexibility index (Phi) is 4.47. The molecular formula is C19H15N3O4S. The van der Waals surface area contributed by atoms with Crippen molar-refractivity contribution < 1.29 is 17.4 Å². The summed E-state index contributed by atoms with van der Waals surface area (Å²) in [6.45, 7) is 0.106. The van der Waals surface area contributed by atoms with Gasteiger partial charge in [-0.15, -0.1) is 0 Å². The fourth-order valence-corrected chi connectivity index (χ4v) is 3.98. The summed E-state index contributed by atoms with van der Waals surface area (Å²) in [5.74, 6) is 0. The van der Waals surface area contributed by atoms with E-state index in [0.717, 1.165) is 15.4 Å². The van der Waals surface area contributed by atoms with Crippen molar-refractivity contribution in [2.45, 2.75) is 11.4 Å². The molecule has 27 heavy (non-hydrogen) atoms. The Balaban J connectivity index is 1.70. The zero-order chi connectivity index (χ0) is 18.7. The van der Waals surface area contributed by atoms with Gasteiger partial charge in [0.1, 0.15) is 18.2 Å². The Bertz CT molecular complexity index is 1090. The van der Waals surface area contributed by atoms with Crippen molar-refractivity contribution in [3.8, 4) is 11.3 Å². The minimum absolute atomic E-state index is 0.0134. The lowest BCUT2D eigenvalue weighted by Crippen LogP contribution is -2.30. The molecule has 0 saturated carbocycles. The lowest BCUT2D eigenvalue weighted by atomic mass is 10.2. The van der Waals surface area contributed by atoms with Crippen LogP contribution in [0.15, 0.2) is 93.2 Å². The van der Waals surface area contributed by atoms with Crippen molar-refractivity contribution in [2.24, 2.45) is 0 Å². The quantitative estimate of drug-likeness (QED) is 0.506. The molecule has 0 aliphatic carbocycles. The van der Waals surface area contributed by atoms with Crippen LogP contribution in [0.25, 0.3) is 11.3 Å². The van der Waals surface area contributed by atoms with Crippen LogP contribution in [-0.2, 0) is 16.6 Å². The zero-order valence-corrected chi connectivity index (χ0v) is 14.9. The first-order chi connectivity index (χ1) is 13.1. The molecule has 7 nitrogen and oxygen atoms in total. The fraction of sp³-hybridized carbons (Fsp3) is 0.0526. The molecule has 4 rings (SSSR count). The largest absolute Gasteiger partial charge is 0.431 e. The molecule has 0 atom stereocenters. The molecular weight excluding hydrogens is 366 g/mol. The third kappa shape index (κ3) is 3.47. The van der Waals surface area contributed by atoms with Gasteiger partial charge in [-0.25, -0.2) is 17.7 Å². The number of nitrogens with zero attached hydrogens (tertiary/aromatic N) is 3. The highest BCUT2D eigenvalue weighted by atomic mass is 32.2. The van der Waals surface area contributed by atoms with Crippen molar-refractivity contribution in [3.63, 3.8) is 0 Å². The van der Waals surface area contributed by atoms with E-state index in [2.05, 4.69) is 10.1 Å². The molecule has 4 aromatic rings. The maximum Gasteiger partial charge on any atom is 0.311 e. The second-order valence-corrected chi connectivity index (χ2v) is 7.58. The van der Waals surface area contributed by atoms with Crippen molar-refractivity contribution in [2.75, 3.05) is 4.31 Å². The van der Waals surface area contributed by atoms with Gasteiger partial charge in [0.2, 0.25) is 0 Å². The van der Waals surface area contributed by atoms with E-state index in [1.807, 2.05) is 30.3 Å². The van der Waals surface area contributed by atoms with E-state index in [4.69, 9.17) is 8.94 Å². The van der Waals surface area contributed by atoms with Crippen molar-refractivity contribution in [1.82, 2.24) is 10.1 Å². The summed E-state index contributed by atoms with van der Waals surface area (Å²) in [4.78, 5) is 4.15. The van der Waals surface area contributed by atoms with Crippen LogP contribution in [0, 0.1) is 0 Å². The third-order valence-corrected chi connectivity index (χ3v) is 5.71. The van der Waals surface area contributed by atoms with Crippen molar-refractivity contribution in [3.05, 3.63) is 85.0 Å². The number of hydrogen-bond donors (Lipinski definition) is 0. The Morgan fingerprint density at radius 1 is 0.926 bits per heavy atom. The standard InChI is InChI=1S/C19H15N3O4S/c23-27(24,17-8-6-16(7-9-17)18-10-12-26-21-18)22(19-20-11-13-25-19)14-15-4-2-1-3-5-15/h1-13H,14H2. The van der Waals surface area contributed by atoms with E-state index in [9.17, 15) is 8.42 Å². The third-order valence-electron chi connectivity index (χ3n) is 3.98. The maximum atomic E-state index is 13.2. The fourth-order valence-electron chi connectivity index (χ4n) is 2.63. The van der Waals surface area contributed by atoms with Gasteiger partial charge in [0.05, 0.1) is 17.6 Å². The SMILES string of the molecule is O=S(=O)(c1ccc(-c2ccon2)cc1)N(Cc1ccccc1)c1ncco1. The molecule has 0 fully saturated rings.